The van der Waals surface area contributed by atoms with Crippen molar-refractivity contribution in [2.45, 2.75) is 11.2 Å². The molecular weight excluding hydrogens is 360 g/mol. The lowest BCUT2D eigenvalue weighted by molar-refractivity contribution is -0.00830. The number of ether oxygens (including phenoxy) is 2. The van der Waals surface area contributed by atoms with Gasteiger partial charge in [-0.05, 0) is 36.4 Å². The predicted molar refractivity (Wildman–Crippen MR) is 108 cm³/mol. The van der Waals surface area contributed by atoms with Crippen LogP contribution in [-0.4, -0.2) is 30.6 Å². The summed E-state index contributed by atoms with van der Waals surface area (Å²) in [5.74, 6) is -0.923. The molecule has 1 aliphatic carbocycles. The smallest absolute Gasteiger partial charge is 0.335 e. The number of benzene rings is 1. The van der Waals surface area contributed by atoms with E-state index in [1.165, 1.54) is 0 Å². The molecule has 4 nitrogen and oxygen atoms in total. The van der Waals surface area contributed by atoms with Crippen molar-refractivity contribution < 1.29 is 19.4 Å². The van der Waals surface area contributed by atoms with Gasteiger partial charge in [-0.15, -0.1) is 0 Å². The van der Waals surface area contributed by atoms with Crippen LogP contribution in [0, 0.1) is 0 Å². The van der Waals surface area contributed by atoms with Crippen LogP contribution in [0.25, 0.3) is 0 Å². The SMILES string of the molecule is O=C(O)c1ccc(SC2=C/C=C\C=C/C=C\C(C3OCCO3)=C/C=C\2)cc1. The topological polar surface area (TPSA) is 55.8 Å². The molecule has 0 amide bonds. The molecule has 1 N–H and O–H groups in total. The molecule has 1 fully saturated rings. The fourth-order valence-corrected chi connectivity index (χ4v) is 3.29. The van der Waals surface area contributed by atoms with E-state index in [0.717, 1.165) is 15.4 Å². The van der Waals surface area contributed by atoms with Gasteiger partial charge in [0.1, 0.15) is 0 Å². The van der Waals surface area contributed by atoms with Crippen molar-refractivity contribution in [1.82, 2.24) is 0 Å². The molecule has 138 valence electrons. The first kappa shape index (κ1) is 19.2. The van der Waals surface area contributed by atoms with Gasteiger partial charge in [-0.3, -0.25) is 0 Å². The van der Waals surface area contributed by atoms with E-state index in [1.807, 2.05) is 72.9 Å². The molecule has 27 heavy (non-hydrogen) atoms. The lowest BCUT2D eigenvalue weighted by atomic mass is 10.2. The largest absolute Gasteiger partial charge is 0.478 e. The molecule has 1 aromatic rings. The van der Waals surface area contributed by atoms with E-state index in [2.05, 4.69) is 0 Å². The second-order valence-electron chi connectivity index (χ2n) is 5.73. The van der Waals surface area contributed by atoms with Crippen LogP contribution >= 0.6 is 11.8 Å². The number of carboxylic acids is 1. The highest BCUT2D eigenvalue weighted by atomic mass is 32.2. The summed E-state index contributed by atoms with van der Waals surface area (Å²) in [7, 11) is 0. The Morgan fingerprint density at radius 2 is 1.59 bits per heavy atom. The number of carbonyl (C=O) groups is 1. The first-order valence-electron chi connectivity index (χ1n) is 8.57. The third-order valence-corrected chi connectivity index (χ3v) is 4.79. The van der Waals surface area contributed by atoms with Crippen molar-refractivity contribution in [2.75, 3.05) is 13.2 Å². The number of rotatable bonds is 4. The maximum absolute atomic E-state index is 11.0. The van der Waals surface area contributed by atoms with Crippen LogP contribution in [0.4, 0.5) is 0 Å². The number of hydrogen-bond donors (Lipinski definition) is 1. The van der Waals surface area contributed by atoms with Gasteiger partial charge in [-0.25, -0.2) is 4.79 Å². The van der Waals surface area contributed by atoms with Crippen LogP contribution in [0.5, 0.6) is 0 Å². The highest BCUT2D eigenvalue weighted by molar-refractivity contribution is 8.03. The number of hydrogen-bond acceptors (Lipinski definition) is 4. The van der Waals surface area contributed by atoms with Crippen molar-refractivity contribution in [1.29, 1.82) is 0 Å². The quantitative estimate of drug-likeness (QED) is 0.805. The summed E-state index contributed by atoms with van der Waals surface area (Å²) in [5, 5.41) is 9.01. The van der Waals surface area contributed by atoms with Crippen LogP contribution < -0.4 is 0 Å². The summed E-state index contributed by atoms with van der Waals surface area (Å²) in [6.45, 7) is 1.21. The molecule has 0 atom stereocenters. The molecule has 1 aliphatic heterocycles. The minimum atomic E-state index is -0.923. The molecular formula is C22H20O4S. The number of carboxylic acid groups (broad SMARTS) is 1. The molecule has 2 aliphatic rings. The molecule has 0 aromatic heterocycles. The van der Waals surface area contributed by atoms with E-state index >= 15 is 0 Å². The monoisotopic (exact) mass is 380 g/mol. The minimum absolute atomic E-state index is 0.281. The average Bonchev–Trinajstić information content (AvgIpc) is 3.19. The van der Waals surface area contributed by atoms with Gasteiger partial charge in [0.15, 0.2) is 6.29 Å². The second-order valence-corrected chi connectivity index (χ2v) is 6.88. The van der Waals surface area contributed by atoms with Crippen LogP contribution in [0.1, 0.15) is 10.4 Å². The van der Waals surface area contributed by atoms with E-state index in [1.54, 1.807) is 23.9 Å². The summed E-state index contributed by atoms with van der Waals surface area (Å²) < 4.78 is 11.2. The van der Waals surface area contributed by atoms with E-state index < -0.39 is 5.97 Å². The normalized spacial score (nSPS) is 26.5. The second kappa shape index (κ2) is 9.92. The zero-order chi connectivity index (χ0) is 18.9. The average molecular weight is 380 g/mol. The Bertz CT molecular complexity index is 836. The van der Waals surface area contributed by atoms with Crippen molar-refractivity contribution in [2.24, 2.45) is 0 Å². The minimum Gasteiger partial charge on any atom is -0.478 e. The van der Waals surface area contributed by atoms with Gasteiger partial charge in [0.25, 0.3) is 0 Å². The van der Waals surface area contributed by atoms with Crippen molar-refractivity contribution in [3.8, 4) is 0 Å². The van der Waals surface area contributed by atoms with Crippen LogP contribution in [0.2, 0.25) is 0 Å². The Morgan fingerprint density at radius 1 is 0.889 bits per heavy atom. The third-order valence-electron chi connectivity index (χ3n) is 3.77. The number of aromatic carboxylic acids is 1. The summed E-state index contributed by atoms with van der Waals surface area (Å²) in [4.78, 5) is 13.0. The van der Waals surface area contributed by atoms with Crippen molar-refractivity contribution in [3.63, 3.8) is 0 Å². The van der Waals surface area contributed by atoms with E-state index in [0.29, 0.717) is 13.2 Å². The van der Waals surface area contributed by atoms with E-state index in [9.17, 15) is 4.79 Å². The lowest BCUT2D eigenvalue weighted by Crippen LogP contribution is -2.09. The molecule has 0 unspecified atom stereocenters. The Balaban J connectivity index is 1.79. The van der Waals surface area contributed by atoms with Gasteiger partial charge in [0.2, 0.25) is 0 Å². The van der Waals surface area contributed by atoms with Crippen LogP contribution in [0.15, 0.2) is 100 Å². The molecule has 3 rings (SSSR count). The zero-order valence-electron chi connectivity index (χ0n) is 14.7. The first-order valence-corrected chi connectivity index (χ1v) is 9.38. The Hall–Kier alpha value is -2.60. The Labute approximate surface area is 162 Å². The number of allylic oxidation sites excluding steroid dienone is 9. The zero-order valence-corrected chi connectivity index (χ0v) is 15.5. The molecule has 0 radical (unpaired) electrons. The van der Waals surface area contributed by atoms with Gasteiger partial charge in [0.05, 0.1) is 18.8 Å². The maximum Gasteiger partial charge on any atom is 0.335 e. The maximum atomic E-state index is 11.0. The number of thioether (sulfide) groups is 1. The van der Waals surface area contributed by atoms with Crippen molar-refractivity contribution in [3.05, 3.63) is 101 Å². The molecule has 1 heterocycles. The summed E-state index contributed by atoms with van der Waals surface area (Å²) in [5.41, 5.74) is 1.23. The fourth-order valence-electron chi connectivity index (χ4n) is 2.45. The van der Waals surface area contributed by atoms with Gasteiger partial charge >= 0.3 is 5.97 Å². The predicted octanol–water partition coefficient (Wildman–Crippen LogP) is 4.90. The third kappa shape index (κ3) is 5.96. The van der Waals surface area contributed by atoms with Gasteiger partial charge in [-0.2, -0.15) is 0 Å². The highest BCUT2D eigenvalue weighted by Crippen LogP contribution is 2.28. The van der Waals surface area contributed by atoms with E-state index in [-0.39, 0.29) is 11.9 Å². The van der Waals surface area contributed by atoms with Gasteiger partial charge < -0.3 is 14.6 Å². The first-order chi connectivity index (χ1) is 13.2. The van der Waals surface area contributed by atoms with Gasteiger partial charge in [-0.1, -0.05) is 60.4 Å². The van der Waals surface area contributed by atoms with Crippen LogP contribution in [0.3, 0.4) is 0 Å². The molecule has 0 spiro atoms. The molecule has 1 aromatic carbocycles. The summed E-state index contributed by atoms with van der Waals surface area (Å²) >= 11 is 1.57. The van der Waals surface area contributed by atoms with E-state index in [4.69, 9.17) is 14.6 Å². The van der Waals surface area contributed by atoms with Gasteiger partial charge in [0, 0.05) is 15.4 Å². The van der Waals surface area contributed by atoms with Crippen molar-refractivity contribution >= 4 is 17.7 Å². The Morgan fingerprint density at radius 3 is 2.33 bits per heavy atom. The lowest BCUT2D eigenvalue weighted by Gasteiger charge is -2.09. The molecule has 5 heteroatoms. The Kier molecular flexibility index (Phi) is 7.04. The highest BCUT2D eigenvalue weighted by Gasteiger charge is 2.18. The molecule has 1 saturated heterocycles. The summed E-state index contributed by atoms with van der Waals surface area (Å²) in [6.07, 6.45) is 19.4. The summed E-state index contributed by atoms with van der Waals surface area (Å²) in [6, 6.07) is 6.85. The molecule has 0 saturated carbocycles. The molecule has 0 bridgehead atoms. The fraction of sp³-hybridized carbons (Fsp3) is 0.136. The standard InChI is InChI=1S/C22H20O4S/c23-21(24)17-11-13-20(14-12-17)27-19-9-5-3-1-2-4-7-18(8-6-10-19)22-25-15-16-26-22/h1-14,22H,15-16H2,(H,23,24)/b2-1-,3-1?,4-2?,5-3-,7-4-,8-6?,9-5?,10-6-,18-7?,18-8+,19-9+,19-10?. The van der Waals surface area contributed by atoms with Crippen LogP contribution in [-0.2, 0) is 9.47 Å².